The first kappa shape index (κ1) is 28.5. The minimum atomic E-state index is -1.35. The molecule has 0 rings (SSSR count). The van der Waals surface area contributed by atoms with Gasteiger partial charge in [0, 0.05) is 6.42 Å². The van der Waals surface area contributed by atoms with E-state index in [1.807, 2.05) is 0 Å². The van der Waals surface area contributed by atoms with Gasteiger partial charge in [-0.1, -0.05) is 70.4 Å². The molecule has 0 aliphatic rings. The number of ether oxygens (including phenoxy) is 1. The molecule has 0 aliphatic carbocycles. The average molecular weight is 393 g/mol. The Morgan fingerprint density at radius 3 is 1.81 bits per heavy atom. The van der Waals surface area contributed by atoms with Crippen LogP contribution < -0.4 is 56.5 Å². The molecular formula is C21H37KO4. The largest absolute Gasteiger partial charge is 1.00 e. The number of hydrogen-bond acceptors (Lipinski definition) is 4. The minimum absolute atomic E-state index is 0. The fourth-order valence-corrected chi connectivity index (χ4v) is 2.64. The Hall–Kier alpha value is 0.316. The van der Waals surface area contributed by atoms with Crippen molar-refractivity contribution in [3.8, 4) is 0 Å². The average Bonchev–Trinajstić information content (AvgIpc) is 2.58. The van der Waals surface area contributed by atoms with E-state index in [1.54, 1.807) is 0 Å². The number of carboxylic acid groups (broad SMARTS) is 1. The van der Waals surface area contributed by atoms with Gasteiger partial charge < -0.3 is 14.6 Å². The van der Waals surface area contributed by atoms with Crippen molar-refractivity contribution in [1.29, 1.82) is 0 Å². The van der Waals surface area contributed by atoms with Crippen LogP contribution in [0.2, 0.25) is 0 Å². The first-order valence-corrected chi connectivity index (χ1v) is 10.1. The summed E-state index contributed by atoms with van der Waals surface area (Å²) in [6.07, 6.45) is 19.4. The molecule has 0 fully saturated rings. The van der Waals surface area contributed by atoms with E-state index in [0.717, 1.165) is 25.7 Å². The van der Waals surface area contributed by atoms with Crippen LogP contribution in [0.4, 0.5) is 0 Å². The zero-order valence-electron chi connectivity index (χ0n) is 17.3. The molecule has 0 aromatic heterocycles. The van der Waals surface area contributed by atoms with Gasteiger partial charge >= 0.3 is 57.4 Å². The van der Waals surface area contributed by atoms with Gasteiger partial charge in [-0.15, -0.1) is 0 Å². The minimum Gasteiger partial charge on any atom is -0.546 e. The van der Waals surface area contributed by atoms with E-state index < -0.39 is 18.0 Å². The van der Waals surface area contributed by atoms with Crippen LogP contribution in [0, 0.1) is 0 Å². The first-order chi connectivity index (χ1) is 12.1. The van der Waals surface area contributed by atoms with Crippen LogP contribution in [0.3, 0.4) is 0 Å². The van der Waals surface area contributed by atoms with Gasteiger partial charge in [-0.2, -0.15) is 0 Å². The topological polar surface area (TPSA) is 66.4 Å². The first-order valence-electron chi connectivity index (χ1n) is 10.1. The molecule has 0 saturated carbocycles. The van der Waals surface area contributed by atoms with E-state index in [2.05, 4.69) is 19.1 Å². The number of carbonyl (C=O) groups is 2. The Morgan fingerprint density at radius 2 is 1.31 bits per heavy atom. The third-order valence-electron chi connectivity index (χ3n) is 4.28. The smallest absolute Gasteiger partial charge is 0.546 e. The van der Waals surface area contributed by atoms with E-state index in [-0.39, 0.29) is 57.8 Å². The maximum atomic E-state index is 11.4. The Kier molecular flexibility index (Phi) is 23.7. The summed E-state index contributed by atoms with van der Waals surface area (Å²) in [7, 11) is 0. The van der Waals surface area contributed by atoms with E-state index in [9.17, 15) is 14.7 Å². The van der Waals surface area contributed by atoms with Gasteiger partial charge in [0.05, 0.1) is 5.97 Å². The Labute approximate surface area is 203 Å². The number of allylic oxidation sites excluding steroid dienone is 2. The second-order valence-electron chi connectivity index (χ2n) is 6.79. The zero-order chi connectivity index (χ0) is 18.8. The molecule has 0 aromatic rings. The van der Waals surface area contributed by atoms with Crippen LogP contribution in [-0.2, 0) is 14.3 Å². The Bertz CT molecular complexity index is 369. The van der Waals surface area contributed by atoms with Gasteiger partial charge in [-0.25, -0.2) is 0 Å². The Morgan fingerprint density at radius 1 is 0.846 bits per heavy atom. The van der Waals surface area contributed by atoms with Crippen molar-refractivity contribution >= 4 is 11.9 Å². The van der Waals surface area contributed by atoms with Crippen LogP contribution in [0.1, 0.15) is 104 Å². The second kappa shape index (κ2) is 21.6. The summed E-state index contributed by atoms with van der Waals surface area (Å²) >= 11 is 0. The van der Waals surface area contributed by atoms with Gasteiger partial charge in [0.2, 0.25) is 0 Å². The molecule has 0 radical (unpaired) electrons. The molecule has 0 heterocycles. The quantitative estimate of drug-likeness (QED) is 0.164. The molecule has 0 N–H and O–H groups in total. The molecule has 0 aromatic carbocycles. The van der Waals surface area contributed by atoms with Crippen molar-refractivity contribution in [3.63, 3.8) is 0 Å². The Balaban J connectivity index is 0. The molecular weight excluding hydrogens is 355 g/mol. The van der Waals surface area contributed by atoms with Crippen LogP contribution in [0.25, 0.3) is 0 Å². The van der Waals surface area contributed by atoms with Gasteiger partial charge in [-0.3, -0.25) is 4.79 Å². The third kappa shape index (κ3) is 20.6. The number of carbonyl (C=O) groups excluding carboxylic acids is 2. The van der Waals surface area contributed by atoms with Gasteiger partial charge in [0.15, 0.2) is 0 Å². The van der Waals surface area contributed by atoms with Crippen LogP contribution >= 0.6 is 0 Å². The van der Waals surface area contributed by atoms with E-state index >= 15 is 0 Å². The normalized spacial score (nSPS) is 11.9. The molecule has 0 saturated heterocycles. The maximum absolute atomic E-state index is 11.4. The van der Waals surface area contributed by atoms with Crippen LogP contribution in [-0.4, -0.2) is 18.0 Å². The van der Waals surface area contributed by atoms with Crippen molar-refractivity contribution in [1.82, 2.24) is 0 Å². The summed E-state index contributed by atoms with van der Waals surface area (Å²) in [6.45, 7) is 3.56. The molecule has 26 heavy (non-hydrogen) atoms. The molecule has 4 nitrogen and oxygen atoms in total. The SMILES string of the molecule is CCCCCCCC/C=C\CCCCCCCC(=O)OC(C)C(=O)[O-].[K+]. The molecule has 1 unspecified atom stereocenters. The van der Waals surface area contributed by atoms with Crippen LogP contribution in [0.5, 0.6) is 0 Å². The summed E-state index contributed by atoms with van der Waals surface area (Å²) in [4.78, 5) is 21.8. The van der Waals surface area contributed by atoms with Crippen molar-refractivity contribution in [2.24, 2.45) is 0 Å². The molecule has 0 spiro atoms. The molecule has 0 bridgehead atoms. The summed E-state index contributed by atoms with van der Waals surface area (Å²) < 4.78 is 4.72. The van der Waals surface area contributed by atoms with Crippen molar-refractivity contribution in [3.05, 3.63) is 12.2 Å². The predicted molar refractivity (Wildman–Crippen MR) is 100 cm³/mol. The van der Waals surface area contributed by atoms with Gasteiger partial charge in [-0.05, 0) is 39.0 Å². The number of carboxylic acids is 1. The maximum Gasteiger partial charge on any atom is 1.00 e. The molecule has 0 aliphatic heterocycles. The summed E-state index contributed by atoms with van der Waals surface area (Å²) in [5.74, 6) is -1.80. The fourth-order valence-electron chi connectivity index (χ4n) is 2.64. The van der Waals surface area contributed by atoms with Gasteiger partial charge in [0.25, 0.3) is 0 Å². The summed E-state index contributed by atoms with van der Waals surface area (Å²) in [5, 5.41) is 10.5. The number of rotatable bonds is 17. The van der Waals surface area contributed by atoms with Crippen molar-refractivity contribution in [2.45, 2.75) is 110 Å². The molecule has 146 valence electrons. The number of esters is 1. The van der Waals surface area contributed by atoms with Crippen LogP contribution in [0.15, 0.2) is 12.2 Å². The van der Waals surface area contributed by atoms with E-state index in [1.165, 1.54) is 64.7 Å². The third-order valence-corrected chi connectivity index (χ3v) is 4.28. The summed E-state index contributed by atoms with van der Waals surface area (Å²) in [5.41, 5.74) is 0. The number of unbranched alkanes of at least 4 members (excludes halogenated alkanes) is 11. The van der Waals surface area contributed by atoms with E-state index in [4.69, 9.17) is 4.74 Å². The molecule has 0 amide bonds. The van der Waals surface area contributed by atoms with Crippen molar-refractivity contribution in [2.75, 3.05) is 0 Å². The summed E-state index contributed by atoms with van der Waals surface area (Å²) in [6, 6.07) is 0. The monoisotopic (exact) mass is 392 g/mol. The van der Waals surface area contributed by atoms with Crippen molar-refractivity contribution < 1.29 is 70.8 Å². The number of hydrogen-bond donors (Lipinski definition) is 0. The van der Waals surface area contributed by atoms with E-state index in [0.29, 0.717) is 0 Å². The fraction of sp³-hybridized carbons (Fsp3) is 0.810. The molecule has 5 heteroatoms. The second-order valence-corrected chi connectivity index (χ2v) is 6.79. The van der Waals surface area contributed by atoms with Gasteiger partial charge in [0.1, 0.15) is 6.10 Å². The predicted octanol–water partition coefficient (Wildman–Crippen LogP) is 1.71. The molecule has 1 atom stereocenters. The standard InChI is InChI=1S/C21H38O4.K/c1-3-4-5-6-7-8-9-10-11-12-13-14-15-16-17-18-20(22)25-19(2)21(23)24;/h10-11,19H,3-9,12-18H2,1-2H3,(H,23,24);/q;+1/p-1/b11-10-;. The number of aliphatic carboxylic acids is 1. The zero-order valence-corrected chi connectivity index (χ0v) is 20.4.